The highest BCUT2D eigenvalue weighted by Crippen LogP contribution is 2.31. The van der Waals surface area contributed by atoms with Crippen molar-refractivity contribution in [2.24, 2.45) is 11.8 Å². The topological polar surface area (TPSA) is 162 Å². The number of anilines is 2. The molecule has 2 aliphatic rings. The fraction of sp³-hybridized carbons (Fsp3) is 0.354. The first kappa shape index (κ1) is 49.2. The number of fused-ring (bicyclic) bond motifs is 2. The largest absolute Gasteiger partial charge is 0.444 e. The first-order valence-electron chi connectivity index (χ1n) is 21.9. The molecule has 2 fully saturated rings. The van der Waals surface area contributed by atoms with Crippen molar-refractivity contribution in [2.45, 2.75) is 68.7 Å². The number of nitrogens with zero attached hydrogens (tertiary/aromatic N) is 5. The van der Waals surface area contributed by atoms with Gasteiger partial charge < -0.3 is 24.8 Å². The van der Waals surface area contributed by atoms with Crippen molar-refractivity contribution >= 4 is 76.1 Å². The molecular weight excluding hydrogens is 883 g/mol. The Labute approximate surface area is 388 Å². The maximum Gasteiger partial charge on any atom is 0.410 e. The van der Waals surface area contributed by atoms with Crippen LogP contribution in [0.2, 0.25) is 6.82 Å². The van der Waals surface area contributed by atoms with Gasteiger partial charge in [-0.15, -0.1) is 0 Å². The zero-order chi connectivity index (χ0) is 46.6. The average molecular weight is 941 g/mol. The van der Waals surface area contributed by atoms with Crippen molar-refractivity contribution in [2.75, 3.05) is 48.9 Å². The van der Waals surface area contributed by atoms with E-state index in [9.17, 15) is 26.7 Å². The Bertz CT molecular complexity index is 2700. The number of amides is 1. The Kier molecular flexibility index (Phi) is 16.9. The van der Waals surface area contributed by atoms with E-state index < -0.39 is 24.7 Å². The molecule has 0 spiro atoms. The normalized spacial score (nSPS) is 16.9. The van der Waals surface area contributed by atoms with E-state index in [1.54, 1.807) is 65.7 Å². The van der Waals surface area contributed by atoms with Crippen LogP contribution in [0.4, 0.5) is 16.2 Å². The van der Waals surface area contributed by atoms with Gasteiger partial charge in [-0.3, -0.25) is 14.3 Å². The minimum Gasteiger partial charge on any atom is -0.444 e. The summed E-state index contributed by atoms with van der Waals surface area (Å²) in [7, 11) is -2.67. The third-order valence-corrected chi connectivity index (χ3v) is 14.3. The number of carbonyl (C=O) groups is 1. The number of halogens is 1. The van der Waals surface area contributed by atoms with Crippen LogP contribution in [0.5, 0.6) is 0 Å². The number of aromatic nitrogens is 2. The van der Waals surface area contributed by atoms with E-state index >= 15 is 0 Å². The molecule has 2 N–H and O–H groups in total. The SMILES string of the molecule is CB(O)N1CCCC(CNc2ccccc2)C1.CC(C)(C)OC(=O)N1CCCC(CN(c2ccccc2)S(=O)(=O)c2cccc3cccnc23)C1.O=S(=O)(Cl)c1cccc2cccnc12. The lowest BCUT2D eigenvalue weighted by atomic mass is 9.80. The van der Waals surface area contributed by atoms with Gasteiger partial charge in [0.15, 0.2) is 0 Å². The lowest BCUT2D eigenvalue weighted by Crippen LogP contribution is -2.46. The second-order valence-corrected chi connectivity index (χ2v) is 21.7. The molecule has 0 aliphatic carbocycles. The van der Waals surface area contributed by atoms with Crippen molar-refractivity contribution in [3.63, 3.8) is 0 Å². The Morgan fingerprint density at radius 2 is 1.32 bits per heavy atom. The predicted octanol–water partition coefficient (Wildman–Crippen LogP) is 9.16. The highest BCUT2D eigenvalue weighted by molar-refractivity contribution is 8.14. The van der Waals surface area contributed by atoms with Gasteiger partial charge in [-0.2, -0.15) is 0 Å². The molecule has 2 aromatic heterocycles. The number of rotatable bonds is 10. The van der Waals surface area contributed by atoms with Crippen LogP contribution in [0.1, 0.15) is 46.5 Å². The number of pyridine rings is 2. The molecule has 13 nitrogen and oxygen atoms in total. The van der Waals surface area contributed by atoms with Gasteiger partial charge >= 0.3 is 13.1 Å². The number of nitrogens with one attached hydrogen (secondary N) is 1. The van der Waals surface area contributed by atoms with Crippen LogP contribution in [0.25, 0.3) is 21.8 Å². The number of para-hydroxylation sites is 4. The van der Waals surface area contributed by atoms with Crippen LogP contribution in [0.15, 0.2) is 144 Å². The average Bonchev–Trinajstić information content (AvgIpc) is 3.30. The fourth-order valence-corrected chi connectivity index (χ4v) is 10.7. The number of hydrogen-bond donors (Lipinski definition) is 2. The van der Waals surface area contributed by atoms with Crippen LogP contribution in [-0.4, -0.2) is 99.6 Å². The molecule has 8 rings (SSSR count). The lowest BCUT2D eigenvalue weighted by molar-refractivity contribution is 0.0171. The van der Waals surface area contributed by atoms with E-state index in [2.05, 4.69) is 32.2 Å². The second kappa shape index (κ2) is 22.3. The molecular formula is C48H58BClN6O7S2. The molecule has 0 radical (unpaired) electrons. The second-order valence-electron chi connectivity index (χ2n) is 17.3. The van der Waals surface area contributed by atoms with Gasteiger partial charge in [0, 0.05) is 65.7 Å². The summed E-state index contributed by atoms with van der Waals surface area (Å²) >= 11 is 0. The van der Waals surface area contributed by atoms with Gasteiger partial charge in [0.1, 0.15) is 15.4 Å². The summed E-state index contributed by atoms with van der Waals surface area (Å²) in [4.78, 5) is 25.1. The number of carbonyl (C=O) groups excluding carboxylic acids is 1. The van der Waals surface area contributed by atoms with Crippen LogP contribution in [0.3, 0.4) is 0 Å². The van der Waals surface area contributed by atoms with Crippen molar-refractivity contribution in [1.29, 1.82) is 0 Å². The van der Waals surface area contributed by atoms with E-state index in [1.807, 2.05) is 76.1 Å². The van der Waals surface area contributed by atoms with Crippen molar-refractivity contribution < 1.29 is 31.4 Å². The van der Waals surface area contributed by atoms with E-state index in [1.165, 1.54) is 35.1 Å². The summed E-state index contributed by atoms with van der Waals surface area (Å²) < 4.78 is 57.4. The predicted molar refractivity (Wildman–Crippen MR) is 261 cm³/mol. The number of sulfonamides is 1. The Balaban J connectivity index is 0.000000186. The third kappa shape index (κ3) is 13.9. The molecule has 1 amide bonds. The van der Waals surface area contributed by atoms with E-state index in [0.29, 0.717) is 35.7 Å². The number of likely N-dealkylation sites (tertiary alicyclic amines) is 1. The van der Waals surface area contributed by atoms with Crippen LogP contribution < -0.4 is 9.62 Å². The third-order valence-electron chi connectivity index (χ3n) is 11.1. The number of piperidine rings is 2. The fourth-order valence-electron chi connectivity index (χ4n) is 7.97. The Morgan fingerprint density at radius 1 is 0.769 bits per heavy atom. The highest BCUT2D eigenvalue weighted by atomic mass is 35.7. The molecule has 6 aromatic rings. The number of benzene rings is 4. The molecule has 65 heavy (non-hydrogen) atoms. The quantitative estimate of drug-likeness (QED) is 0.0995. The summed E-state index contributed by atoms with van der Waals surface area (Å²) in [6.45, 7) is 11.7. The van der Waals surface area contributed by atoms with E-state index in [0.717, 1.165) is 43.2 Å². The monoisotopic (exact) mass is 940 g/mol. The van der Waals surface area contributed by atoms with Gasteiger partial charge in [-0.25, -0.2) is 21.6 Å². The molecule has 344 valence electrons. The molecule has 17 heteroatoms. The highest BCUT2D eigenvalue weighted by Gasteiger charge is 2.34. The summed E-state index contributed by atoms with van der Waals surface area (Å²) in [6.07, 6.45) is 6.84. The Hall–Kier alpha value is -5.26. The van der Waals surface area contributed by atoms with Gasteiger partial charge in [-0.1, -0.05) is 72.8 Å². The Morgan fingerprint density at radius 3 is 1.92 bits per heavy atom. The van der Waals surface area contributed by atoms with Crippen LogP contribution in [-0.2, 0) is 23.8 Å². The summed E-state index contributed by atoms with van der Waals surface area (Å²) in [5, 5.41) is 14.6. The standard InChI is InChI=1S/C26H31N3O4S.C13H21BN2O.C9H6ClNO2S/c1-26(2,3)33-25(30)28-17-9-10-20(18-28)19-29(22-13-5-4-6-14-22)34(31,32)23-15-7-11-21-12-8-16-27-24(21)23;1-14(17)16-9-5-6-12(11-16)10-15-13-7-3-2-4-8-13;10-14(12,13)8-5-1-3-7-4-2-6-11-9(7)8/h4-8,11-16,20H,9-10,17-19H2,1-3H3;2-4,7-8,12,15,17H,5-6,9-11H2,1H3;1-6H. The minimum absolute atomic E-state index is 0.0285. The molecule has 2 saturated heterocycles. The number of hydrogen-bond acceptors (Lipinski definition) is 11. The molecule has 2 unspecified atom stereocenters. The number of ether oxygens (including phenoxy) is 1. The maximum atomic E-state index is 14.0. The van der Waals surface area contributed by atoms with Crippen molar-refractivity contribution in [3.8, 4) is 0 Å². The van der Waals surface area contributed by atoms with Gasteiger partial charge in [0.25, 0.3) is 19.1 Å². The van der Waals surface area contributed by atoms with Crippen LogP contribution in [0, 0.1) is 11.8 Å². The molecule has 2 atom stereocenters. The summed E-state index contributed by atoms with van der Waals surface area (Å²) in [5.74, 6) is 0.609. The molecule has 0 saturated carbocycles. The maximum absolute atomic E-state index is 14.0. The molecule has 4 heterocycles. The van der Waals surface area contributed by atoms with E-state index in [-0.39, 0.29) is 35.4 Å². The molecule has 0 bridgehead atoms. The molecule has 2 aliphatic heterocycles. The van der Waals surface area contributed by atoms with Gasteiger partial charge in [0.05, 0.1) is 16.7 Å². The zero-order valence-corrected chi connectivity index (χ0v) is 39.7. The zero-order valence-electron chi connectivity index (χ0n) is 37.3. The first-order valence-corrected chi connectivity index (χ1v) is 25.6. The van der Waals surface area contributed by atoms with Crippen molar-refractivity contribution in [3.05, 3.63) is 134 Å². The lowest BCUT2D eigenvalue weighted by Gasteiger charge is -2.36. The van der Waals surface area contributed by atoms with E-state index in [4.69, 9.17) is 15.4 Å². The van der Waals surface area contributed by atoms with Gasteiger partial charge in [0.2, 0.25) is 0 Å². The van der Waals surface area contributed by atoms with Crippen molar-refractivity contribution in [1.82, 2.24) is 19.7 Å². The van der Waals surface area contributed by atoms with Crippen LogP contribution >= 0.6 is 10.7 Å². The summed E-state index contributed by atoms with van der Waals surface area (Å²) in [6, 6.07) is 36.7. The summed E-state index contributed by atoms with van der Waals surface area (Å²) in [5.41, 5.74) is 2.05. The minimum atomic E-state index is -3.91. The molecule has 4 aromatic carbocycles. The first-order chi connectivity index (χ1) is 31.0. The van der Waals surface area contributed by atoms with Gasteiger partial charge in [-0.05, 0) is 127 Å². The smallest absolute Gasteiger partial charge is 0.410 e.